The Kier molecular flexibility index (Phi) is 52.8. The molecule has 6 heteroatoms. The van der Waals surface area contributed by atoms with Gasteiger partial charge in [-0.15, -0.1) is 0 Å². The first kappa shape index (κ1) is 63.8. The van der Waals surface area contributed by atoms with Crippen LogP contribution in [0.5, 0.6) is 0 Å². The second-order valence-electron chi connectivity index (χ2n) is 18.9. The van der Waals surface area contributed by atoms with Gasteiger partial charge >= 0.3 is 17.9 Å². The van der Waals surface area contributed by atoms with Crippen LogP contribution >= 0.6 is 0 Å². The predicted molar refractivity (Wildman–Crippen MR) is 288 cm³/mol. The molecule has 0 aliphatic rings. The molecule has 0 saturated heterocycles. The summed E-state index contributed by atoms with van der Waals surface area (Å²) >= 11 is 0. The molecule has 0 spiro atoms. The van der Waals surface area contributed by atoms with Gasteiger partial charge in [0.15, 0.2) is 6.10 Å². The molecule has 0 aliphatic heterocycles. The van der Waals surface area contributed by atoms with Crippen LogP contribution in [0.2, 0.25) is 0 Å². The van der Waals surface area contributed by atoms with Crippen LogP contribution in [0.3, 0.4) is 0 Å². The van der Waals surface area contributed by atoms with Gasteiger partial charge in [-0.05, 0) is 83.5 Å². The Hall–Kier alpha value is -3.15. The van der Waals surface area contributed by atoms with Crippen molar-refractivity contribution >= 4 is 17.9 Å². The third-order valence-electron chi connectivity index (χ3n) is 12.2. The summed E-state index contributed by atoms with van der Waals surface area (Å²) in [7, 11) is 0. The minimum Gasteiger partial charge on any atom is -0.462 e. The Morgan fingerprint density at radius 2 is 0.627 bits per heavy atom. The SMILES string of the molecule is CC/C=C\C/C=C\C/C=C\C/C=C\CCCCCC(=O)OC(COC(=O)CCCCCCCCCCCC/C=C\C=C/CCCCC)COC(=O)CCCCCCCCCCCCCCCC. The molecule has 1 atom stereocenters. The summed E-state index contributed by atoms with van der Waals surface area (Å²) in [4.78, 5) is 38.1. The number of unbranched alkanes of at least 4 members (excludes halogenated alkanes) is 29. The minimum absolute atomic E-state index is 0.0871. The average Bonchev–Trinajstić information content (AvgIpc) is 3.33. The Morgan fingerprint density at radius 3 is 1.04 bits per heavy atom. The van der Waals surface area contributed by atoms with E-state index >= 15 is 0 Å². The molecule has 0 rings (SSSR count). The maximum absolute atomic E-state index is 12.8. The molecule has 67 heavy (non-hydrogen) atoms. The third-order valence-corrected chi connectivity index (χ3v) is 12.2. The average molecular weight is 936 g/mol. The van der Waals surface area contributed by atoms with Gasteiger partial charge < -0.3 is 14.2 Å². The zero-order chi connectivity index (χ0) is 48.6. The molecule has 386 valence electrons. The first-order valence-corrected chi connectivity index (χ1v) is 28.5. The fourth-order valence-corrected chi connectivity index (χ4v) is 7.95. The van der Waals surface area contributed by atoms with Crippen molar-refractivity contribution in [2.75, 3.05) is 13.2 Å². The highest BCUT2D eigenvalue weighted by molar-refractivity contribution is 5.71. The van der Waals surface area contributed by atoms with E-state index in [4.69, 9.17) is 14.2 Å². The van der Waals surface area contributed by atoms with Crippen molar-refractivity contribution in [2.45, 2.75) is 284 Å². The molecule has 0 amide bonds. The number of rotatable bonds is 51. The summed E-state index contributed by atoms with van der Waals surface area (Å²) in [6.07, 6.45) is 70.3. The Bertz CT molecular complexity index is 1260. The van der Waals surface area contributed by atoms with Gasteiger partial charge in [0.1, 0.15) is 13.2 Å². The second kappa shape index (κ2) is 55.4. The van der Waals surface area contributed by atoms with E-state index in [0.29, 0.717) is 19.3 Å². The molecular weight excluding hydrogens is 829 g/mol. The Morgan fingerprint density at radius 1 is 0.328 bits per heavy atom. The van der Waals surface area contributed by atoms with Crippen LogP contribution < -0.4 is 0 Å². The van der Waals surface area contributed by atoms with Crippen molar-refractivity contribution in [3.05, 3.63) is 72.9 Å². The molecule has 0 radical (unpaired) electrons. The van der Waals surface area contributed by atoms with E-state index in [1.165, 1.54) is 148 Å². The summed E-state index contributed by atoms with van der Waals surface area (Å²) < 4.78 is 16.8. The van der Waals surface area contributed by atoms with Crippen molar-refractivity contribution in [2.24, 2.45) is 0 Å². The third kappa shape index (κ3) is 53.7. The zero-order valence-corrected chi connectivity index (χ0v) is 44.2. The van der Waals surface area contributed by atoms with Crippen molar-refractivity contribution in [3.63, 3.8) is 0 Å². The Labute approximate surface area is 414 Å². The smallest absolute Gasteiger partial charge is 0.306 e. The number of hydrogen-bond donors (Lipinski definition) is 0. The number of carbonyl (C=O) groups excluding carboxylic acids is 3. The summed E-state index contributed by atoms with van der Waals surface area (Å²) in [5.41, 5.74) is 0. The standard InChI is InChI=1S/C61H106O6/c1-4-7-10-13-16-19-22-25-28-30-31-32-34-36-39-42-45-48-51-54-60(63)66-57-58(56-65-59(62)53-50-47-44-41-38-35-27-24-21-18-15-12-9-6-3)67-61(64)55-52-49-46-43-40-37-33-29-26-23-20-17-14-11-8-5-2/h8,11,16-17,19-20,22,25-26,29,37,40,58H,4-7,9-10,12-15,18,21,23-24,27-28,30-36,38-39,41-57H2,1-3H3/b11-8-,19-16-,20-17-,25-22-,29-26-,40-37-. The Balaban J connectivity index is 4.40. The number of ether oxygens (including phenoxy) is 3. The van der Waals surface area contributed by atoms with E-state index in [2.05, 4.69) is 93.7 Å². The lowest BCUT2D eigenvalue weighted by Crippen LogP contribution is -2.30. The lowest BCUT2D eigenvalue weighted by molar-refractivity contribution is -0.167. The summed E-state index contributed by atoms with van der Waals surface area (Å²) in [5, 5.41) is 0. The first-order valence-electron chi connectivity index (χ1n) is 28.5. The van der Waals surface area contributed by atoms with Gasteiger partial charge in [-0.25, -0.2) is 0 Å². The van der Waals surface area contributed by atoms with Crippen LogP contribution in [0, 0.1) is 0 Å². The monoisotopic (exact) mass is 935 g/mol. The molecule has 0 N–H and O–H groups in total. The van der Waals surface area contributed by atoms with Crippen LogP contribution in [0.15, 0.2) is 72.9 Å². The highest BCUT2D eigenvalue weighted by Gasteiger charge is 2.19. The molecule has 0 fully saturated rings. The fraction of sp³-hybridized carbons (Fsp3) is 0.754. The van der Waals surface area contributed by atoms with E-state index in [9.17, 15) is 14.4 Å². The molecule has 0 aromatic rings. The molecule has 0 aromatic carbocycles. The van der Waals surface area contributed by atoms with Gasteiger partial charge in [0, 0.05) is 19.3 Å². The number of allylic oxidation sites excluding steroid dienone is 12. The zero-order valence-electron chi connectivity index (χ0n) is 44.2. The van der Waals surface area contributed by atoms with Gasteiger partial charge in [0.05, 0.1) is 0 Å². The molecule has 0 aromatic heterocycles. The van der Waals surface area contributed by atoms with Gasteiger partial charge in [-0.1, -0.05) is 248 Å². The summed E-state index contributed by atoms with van der Waals surface area (Å²) in [5.74, 6) is -0.913. The van der Waals surface area contributed by atoms with E-state index in [-0.39, 0.29) is 31.1 Å². The maximum atomic E-state index is 12.8. The number of carbonyl (C=O) groups is 3. The lowest BCUT2D eigenvalue weighted by Gasteiger charge is -2.18. The summed E-state index contributed by atoms with van der Waals surface area (Å²) in [6.45, 7) is 6.49. The topological polar surface area (TPSA) is 78.9 Å². The fourth-order valence-electron chi connectivity index (χ4n) is 7.95. The highest BCUT2D eigenvalue weighted by Crippen LogP contribution is 2.16. The number of esters is 3. The second-order valence-corrected chi connectivity index (χ2v) is 18.9. The number of hydrogen-bond acceptors (Lipinski definition) is 6. The van der Waals surface area contributed by atoms with Gasteiger partial charge in [0.25, 0.3) is 0 Å². The molecule has 0 saturated carbocycles. The molecule has 0 aliphatic carbocycles. The highest BCUT2D eigenvalue weighted by atomic mass is 16.6. The molecule has 0 bridgehead atoms. The van der Waals surface area contributed by atoms with E-state index < -0.39 is 6.10 Å². The van der Waals surface area contributed by atoms with Crippen molar-refractivity contribution < 1.29 is 28.6 Å². The first-order chi connectivity index (χ1) is 33.0. The molecule has 6 nitrogen and oxygen atoms in total. The van der Waals surface area contributed by atoms with Crippen LogP contribution in [-0.2, 0) is 28.6 Å². The predicted octanol–water partition coefficient (Wildman–Crippen LogP) is 19.0. The van der Waals surface area contributed by atoms with Crippen molar-refractivity contribution in [1.29, 1.82) is 0 Å². The molecule has 1 unspecified atom stereocenters. The van der Waals surface area contributed by atoms with Gasteiger partial charge in [-0.2, -0.15) is 0 Å². The normalized spacial score (nSPS) is 12.6. The minimum atomic E-state index is -0.792. The van der Waals surface area contributed by atoms with Gasteiger partial charge in [0.2, 0.25) is 0 Å². The quantitative estimate of drug-likeness (QED) is 0.0199. The van der Waals surface area contributed by atoms with E-state index in [1.54, 1.807) is 0 Å². The lowest BCUT2D eigenvalue weighted by atomic mass is 10.0. The van der Waals surface area contributed by atoms with Crippen molar-refractivity contribution in [1.82, 2.24) is 0 Å². The largest absolute Gasteiger partial charge is 0.462 e. The van der Waals surface area contributed by atoms with Crippen LogP contribution in [0.1, 0.15) is 278 Å². The molecular formula is C61H106O6. The van der Waals surface area contributed by atoms with Crippen LogP contribution in [0.25, 0.3) is 0 Å². The van der Waals surface area contributed by atoms with Crippen molar-refractivity contribution in [3.8, 4) is 0 Å². The van der Waals surface area contributed by atoms with Gasteiger partial charge in [-0.3, -0.25) is 14.4 Å². The maximum Gasteiger partial charge on any atom is 0.306 e. The molecule has 0 heterocycles. The van der Waals surface area contributed by atoms with Crippen LogP contribution in [0.4, 0.5) is 0 Å². The summed E-state index contributed by atoms with van der Waals surface area (Å²) in [6, 6.07) is 0. The van der Waals surface area contributed by atoms with E-state index in [1.807, 2.05) is 0 Å². The van der Waals surface area contributed by atoms with Crippen LogP contribution in [-0.4, -0.2) is 37.2 Å². The van der Waals surface area contributed by atoms with E-state index in [0.717, 1.165) is 89.9 Å².